The summed E-state index contributed by atoms with van der Waals surface area (Å²) in [5.74, 6) is 0. The van der Waals surface area contributed by atoms with Crippen LogP contribution in [0.4, 0.5) is 5.69 Å². The second kappa shape index (κ2) is 6.35. The number of rotatable bonds is 5. The molecular weight excluding hydrogens is 264 g/mol. The first-order chi connectivity index (χ1) is 9.92. The van der Waals surface area contributed by atoms with Crippen molar-refractivity contribution in [3.05, 3.63) is 71.7 Å². The van der Waals surface area contributed by atoms with Crippen molar-refractivity contribution in [2.24, 2.45) is 0 Å². The Hall–Kier alpha value is -2.13. The van der Waals surface area contributed by atoms with Gasteiger partial charge >= 0.3 is 0 Å². The molecular formula is C17H16N2S. The van der Waals surface area contributed by atoms with Crippen LogP contribution in [0.25, 0.3) is 10.6 Å². The molecule has 1 N–H and O–H groups in total. The first-order valence-corrected chi connectivity index (χ1v) is 7.57. The summed E-state index contributed by atoms with van der Waals surface area (Å²) in [6.07, 6.45) is 2.87. The van der Waals surface area contributed by atoms with Crippen LogP contribution in [-0.4, -0.2) is 11.5 Å². The predicted molar refractivity (Wildman–Crippen MR) is 86.2 cm³/mol. The van der Waals surface area contributed by atoms with Gasteiger partial charge in [-0.3, -0.25) is 0 Å². The van der Waals surface area contributed by atoms with Gasteiger partial charge in [-0.15, -0.1) is 11.3 Å². The largest absolute Gasteiger partial charge is 0.385 e. The average molecular weight is 280 g/mol. The Bertz CT molecular complexity index is 648. The number of benzene rings is 2. The molecule has 0 aliphatic heterocycles. The van der Waals surface area contributed by atoms with E-state index >= 15 is 0 Å². The van der Waals surface area contributed by atoms with Gasteiger partial charge in [-0.05, 0) is 24.1 Å². The summed E-state index contributed by atoms with van der Waals surface area (Å²) in [5, 5.41) is 6.54. The summed E-state index contributed by atoms with van der Waals surface area (Å²) >= 11 is 1.67. The summed E-state index contributed by atoms with van der Waals surface area (Å²) in [6, 6.07) is 19.0. The number of nitrogens with one attached hydrogen (secondary N) is 1. The van der Waals surface area contributed by atoms with Gasteiger partial charge in [0.15, 0.2) is 0 Å². The Balaban J connectivity index is 1.62. The summed E-state index contributed by atoms with van der Waals surface area (Å²) in [7, 11) is 0. The first-order valence-electron chi connectivity index (χ1n) is 6.69. The lowest BCUT2D eigenvalue weighted by Gasteiger charge is -2.07. The van der Waals surface area contributed by atoms with E-state index in [4.69, 9.17) is 0 Å². The number of aromatic nitrogens is 1. The molecule has 3 heteroatoms. The van der Waals surface area contributed by atoms with Crippen molar-refractivity contribution in [3.8, 4) is 10.6 Å². The average Bonchev–Trinajstić information content (AvgIpc) is 3.03. The zero-order valence-electron chi connectivity index (χ0n) is 11.1. The molecule has 20 heavy (non-hydrogen) atoms. The number of anilines is 1. The van der Waals surface area contributed by atoms with E-state index in [1.807, 2.05) is 11.6 Å². The van der Waals surface area contributed by atoms with Crippen LogP contribution in [0.3, 0.4) is 0 Å². The molecule has 2 nitrogen and oxygen atoms in total. The number of nitrogens with zero attached hydrogens (tertiary/aromatic N) is 1. The van der Waals surface area contributed by atoms with Gasteiger partial charge < -0.3 is 5.32 Å². The Morgan fingerprint density at radius 1 is 1.00 bits per heavy atom. The van der Waals surface area contributed by atoms with Gasteiger partial charge in [0.25, 0.3) is 0 Å². The van der Waals surface area contributed by atoms with E-state index in [0.717, 1.165) is 23.7 Å². The van der Waals surface area contributed by atoms with E-state index in [2.05, 4.69) is 64.9 Å². The molecule has 1 heterocycles. The Labute approximate surface area is 123 Å². The maximum Gasteiger partial charge on any atom is 0.123 e. The maximum atomic E-state index is 4.35. The topological polar surface area (TPSA) is 24.9 Å². The lowest BCUT2D eigenvalue weighted by molar-refractivity contribution is 1.02. The van der Waals surface area contributed by atoms with Crippen molar-refractivity contribution < 1.29 is 0 Å². The lowest BCUT2D eigenvalue weighted by atomic mass is 10.1. The van der Waals surface area contributed by atoms with Gasteiger partial charge in [0.2, 0.25) is 0 Å². The lowest BCUT2D eigenvalue weighted by Crippen LogP contribution is -2.04. The van der Waals surface area contributed by atoms with Gasteiger partial charge in [0, 0.05) is 29.4 Å². The highest BCUT2D eigenvalue weighted by Crippen LogP contribution is 2.24. The molecule has 1 aromatic heterocycles. The summed E-state index contributed by atoms with van der Waals surface area (Å²) < 4.78 is 0. The summed E-state index contributed by atoms with van der Waals surface area (Å²) in [4.78, 5) is 4.35. The van der Waals surface area contributed by atoms with E-state index < -0.39 is 0 Å². The fourth-order valence-corrected chi connectivity index (χ4v) is 2.76. The maximum absolute atomic E-state index is 4.35. The molecule has 0 atom stereocenters. The van der Waals surface area contributed by atoms with E-state index in [-0.39, 0.29) is 0 Å². The van der Waals surface area contributed by atoms with Crippen LogP contribution < -0.4 is 5.32 Å². The molecule has 3 rings (SSSR count). The van der Waals surface area contributed by atoms with Crippen molar-refractivity contribution in [1.29, 1.82) is 0 Å². The van der Waals surface area contributed by atoms with Gasteiger partial charge in [-0.1, -0.05) is 42.5 Å². The Morgan fingerprint density at radius 3 is 2.70 bits per heavy atom. The van der Waals surface area contributed by atoms with E-state index in [9.17, 15) is 0 Å². The van der Waals surface area contributed by atoms with Crippen molar-refractivity contribution in [1.82, 2.24) is 4.98 Å². The van der Waals surface area contributed by atoms with Crippen LogP contribution in [-0.2, 0) is 6.42 Å². The van der Waals surface area contributed by atoms with Gasteiger partial charge in [-0.25, -0.2) is 4.98 Å². The highest BCUT2D eigenvalue weighted by atomic mass is 32.1. The molecule has 0 aliphatic rings. The molecule has 0 fully saturated rings. The smallest absolute Gasteiger partial charge is 0.123 e. The standard InChI is InChI=1S/C17H16N2S/c1-2-5-14(6-3-1)9-10-18-16-8-4-7-15(13-16)17-19-11-12-20-17/h1-8,11-13,18H,9-10H2. The minimum Gasteiger partial charge on any atom is -0.385 e. The van der Waals surface area contributed by atoms with Crippen LogP contribution in [0.15, 0.2) is 66.2 Å². The van der Waals surface area contributed by atoms with E-state index in [0.29, 0.717) is 0 Å². The number of hydrogen-bond acceptors (Lipinski definition) is 3. The van der Waals surface area contributed by atoms with Crippen LogP contribution in [0.2, 0.25) is 0 Å². The summed E-state index contributed by atoms with van der Waals surface area (Å²) in [5.41, 5.74) is 3.68. The SMILES string of the molecule is c1ccc(CCNc2cccc(-c3nccs3)c2)cc1. The first kappa shape index (κ1) is 12.9. The second-order valence-electron chi connectivity index (χ2n) is 4.58. The molecule has 0 bridgehead atoms. The van der Waals surface area contributed by atoms with Gasteiger partial charge in [0.1, 0.15) is 5.01 Å². The van der Waals surface area contributed by atoms with E-state index in [1.54, 1.807) is 11.3 Å². The number of thiazole rings is 1. The molecule has 0 unspecified atom stereocenters. The molecule has 0 amide bonds. The van der Waals surface area contributed by atoms with Crippen molar-refractivity contribution in [2.45, 2.75) is 6.42 Å². The second-order valence-corrected chi connectivity index (χ2v) is 5.48. The fourth-order valence-electron chi connectivity index (χ4n) is 2.12. The molecule has 0 saturated heterocycles. The molecule has 0 saturated carbocycles. The molecule has 0 aliphatic carbocycles. The molecule has 0 radical (unpaired) electrons. The van der Waals surface area contributed by atoms with Crippen LogP contribution in [0, 0.1) is 0 Å². The van der Waals surface area contributed by atoms with Crippen molar-refractivity contribution in [2.75, 3.05) is 11.9 Å². The fraction of sp³-hybridized carbons (Fsp3) is 0.118. The Kier molecular flexibility index (Phi) is 4.09. The Morgan fingerprint density at radius 2 is 1.90 bits per heavy atom. The molecule has 2 aromatic carbocycles. The minimum atomic E-state index is 0.936. The summed E-state index contributed by atoms with van der Waals surface area (Å²) in [6.45, 7) is 0.936. The zero-order chi connectivity index (χ0) is 13.6. The third-order valence-corrected chi connectivity index (χ3v) is 3.95. The monoisotopic (exact) mass is 280 g/mol. The quantitative estimate of drug-likeness (QED) is 0.746. The highest BCUT2D eigenvalue weighted by Gasteiger charge is 2.01. The van der Waals surface area contributed by atoms with Crippen LogP contribution in [0.5, 0.6) is 0 Å². The van der Waals surface area contributed by atoms with Crippen molar-refractivity contribution in [3.63, 3.8) is 0 Å². The molecule has 0 spiro atoms. The molecule has 3 aromatic rings. The zero-order valence-corrected chi connectivity index (χ0v) is 11.9. The van der Waals surface area contributed by atoms with Crippen LogP contribution in [0.1, 0.15) is 5.56 Å². The van der Waals surface area contributed by atoms with Crippen molar-refractivity contribution >= 4 is 17.0 Å². The minimum absolute atomic E-state index is 0.936. The van der Waals surface area contributed by atoms with Crippen LogP contribution >= 0.6 is 11.3 Å². The normalized spacial score (nSPS) is 10.4. The highest BCUT2D eigenvalue weighted by molar-refractivity contribution is 7.13. The molecule has 100 valence electrons. The predicted octanol–water partition coefficient (Wildman–Crippen LogP) is 4.46. The van der Waals surface area contributed by atoms with Gasteiger partial charge in [-0.2, -0.15) is 0 Å². The van der Waals surface area contributed by atoms with Gasteiger partial charge in [0.05, 0.1) is 0 Å². The third-order valence-electron chi connectivity index (χ3n) is 3.13. The number of hydrogen-bond donors (Lipinski definition) is 1. The van der Waals surface area contributed by atoms with E-state index in [1.165, 1.54) is 11.1 Å². The third kappa shape index (κ3) is 3.25.